The molecule has 0 nitrogen and oxygen atoms in total. The van der Waals surface area contributed by atoms with Crippen molar-refractivity contribution in [2.24, 2.45) is 0 Å². The average Bonchev–Trinajstić information content (AvgIpc) is 2.26. The Morgan fingerprint density at radius 1 is 1.14 bits per heavy atom. The summed E-state index contributed by atoms with van der Waals surface area (Å²) in [6.45, 7) is 0. The highest BCUT2D eigenvalue weighted by Crippen LogP contribution is 2.33. The van der Waals surface area contributed by atoms with Gasteiger partial charge in [-0.05, 0) is 28.7 Å². The summed E-state index contributed by atoms with van der Waals surface area (Å²) in [5.74, 6) is 0. The second kappa shape index (κ2) is 2.98. The predicted octanol–water partition coefficient (Wildman–Crippen LogP) is 3.40. The lowest BCUT2D eigenvalue weighted by Crippen LogP contribution is -2.02. The Morgan fingerprint density at radius 2 is 2.07 bits per heavy atom. The lowest BCUT2D eigenvalue weighted by Gasteiger charge is -2.19. The van der Waals surface area contributed by atoms with E-state index in [-0.39, 0.29) is 0 Å². The quantitative estimate of drug-likeness (QED) is 0.571. The molecule has 0 saturated carbocycles. The standard InChI is InChI=1S/C14H10/c1-2-6-12-10-14-8-4-3-7-13(14)9-11(12)5-1/h1-7,10H,8H2. The van der Waals surface area contributed by atoms with Crippen LogP contribution in [0.5, 0.6) is 0 Å². The molecule has 0 aromatic heterocycles. The van der Waals surface area contributed by atoms with Gasteiger partial charge in [-0.1, -0.05) is 48.6 Å². The Balaban J connectivity index is 2.15. The van der Waals surface area contributed by atoms with Gasteiger partial charge in [0, 0.05) is 0 Å². The fourth-order valence-electron chi connectivity index (χ4n) is 1.90. The summed E-state index contributed by atoms with van der Waals surface area (Å²) in [4.78, 5) is 0. The summed E-state index contributed by atoms with van der Waals surface area (Å²) < 4.78 is 0. The third kappa shape index (κ3) is 1.15. The summed E-state index contributed by atoms with van der Waals surface area (Å²) in [5.41, 5.74) is 5.12. The zero-order valence-electron chi connectivity index (χ0n) is 7.83. The summed E-state index contributed by atoms with van der Waals surface area (Å²) in [5, 5.41) is 0. The lowest BCUT2D eigenvalue weighted by molar-refractivity contribution is 1.18. The van der Waals surface area contributed by atoms with Gasteiger partial charge in [0.2, 0.25) is 0 Å². The average molecular weight is 178 g/mol. The van der Waals surface area contributed by atoms with E-state index in [0.717, 1.165) is 6.42 Å². The van der Waals surface area contributed by atoms with Gasteiger partial charge in [-0.25, -0.2) is 0 Å². The third-order valence-corrected chi connectivity index (χ3v) is 2.64. The van der Waals surface area contributed by atoms with Crippen molar-refractivity contribution in [2.75, 3.05) is 0 Å². The van der Waals surface area contributed by atoms with Gasteiger partial charge in [0.25, 0.3) is 0 Å². The van der Waals surface area contributed by atoms with E-state index in [2.05, 4.69) is 55.0 Å². The fraction of sp³-hybridized carbons (Fsp3) is 0.0714. The molecule has 0 heteroatoms. The minimum atomic E-state index is 1.03. The summed E-state index contributed by atoms with van der Waals surface area (Å²) in [6, 6.07) is 8.39. The van der Waals surface area contributed by atoms with E-state index in [4.69, 9.17) is 0 Å². The first-order valence-corrected chi connectivity index (χ1v) is 4.87. The Kier molecular flexibility index (Phi) is 1.66. The van der Waals surface area contributed by atoms with Crippen LogP contribution in [0.1, 0.15) is 17.5 Å². The van der Waals surface area contributed by atoms with Crippen LogP contribution in [0.2, 0.25) is 0 Å². The van der Waals surface area contributed by atoms with Gasteiger partial charge < -0.3 is 0 Å². The van der Waals surface area contributed by atoms with Crippen molar-refractivity contribution < 1.29 is 0 Å². The number of allylic oxidation sites excluding steroid dienone is 5. The van der Waals surface area contributed by atoms with Gasteiger partial charge in [0.15, 0.2) is 0 Å². The van der Waals surface area contributed by atoms with Crippen molar-refractivity contribution >= 4 is 6.08 Å². The fourth-order valence-corrected chi connectivity index (χ4v) is 1.90. The first-order chi connectivity index (χ1) is 6.93. The molecule has 1 aromatic carbocycles. The Hall–Kier alpha value is -1.56. The zero-order valence-corrected chi connectivity index (χ0v) is 7.83. The normalized spacial score (nSPS) is 18.0. The molecule has 0 saturated heterocycles. The molecule has 2 aliphatic carbocycles. The van der Waals surface area contributed by atoms with Gasteiger partial charge in [0.1, 0.15) is 0 Å². The Labute approximate surface area is 84.3 Å². The molecule has 0 N–H and O–H groups in total. The van der Waals surface area contributed by atoms with E-state index in [1.54, 1.807) is 0 Å². The molecular weight excluding hydrogens is 168 g/mol. The molecule has 3 rings (SSSR count). The number of hydrogen-bond donors (Lipinski definition) is 0. The van der Waals surface area contributed by atoms with Gasteiger partial charge in [0.05, 0.1) is 6.42 Å². The minimum Gasteiger partial charge on any atom is -0.0801 e. The van der Waals surface area contributed by atoms with Crippen molar-refractivity contribution in [2.45, 2.75) is 6.42 Å². The van der Waals surface area contributed by atoms with E-state index < -0.39 is 0 Å². The highest BCUT2D eigenvalue weighted by Gasteiger charge is 2.15. The molecule has 2 aliphatic rings. The van der Waals surface area contributed by atoms with Gasteiger partial charge in [-0.3, -0.25) is 0 Å². The summed E-state index contributed by atoms with van der Waals surface area (Å²) in [6.07, 6.45) is 13.2. The van der Waals surface area contributed by atoms with E-state index in [1.165, 1.54) is 22.3 Å². The molecule has 0 heterocycles. The van der Waals surface area contributed by atoms with E-state index in [1.807, 2.05) is 0 Å². The SMILES string of the molecule is [C]1C2=CC=CCC2=Cc2ccccc21. The third-order valence-electron chi connectivity index (χ3n) is 2.64. The minimum absolute atomic E-state index is 1.03. The van der Waals surface area contributed by atoms with Gasteiger partial charge >= 0.3 is 0 Å². The molecule has 0 aliphatic heterocycles. The lowest BCUT2D eigenvalue weighted by atomic mass is 9.85. The molecule has 0 amide bonds. The van der Waals surface area contributed by atoms with Crippen molar-refractivity contribution in [1.29, 1.82) is 0 Å². The van der Waals surface area contributed by atoms with Crippen LogP contribution in [0.15, 0.2) is 53.6 Å². The Morgan fingerprint density at radius 3 is 3.07 bits per heavy atom. The highest BCUT2D eigenvalue weighted by atomic mass is 14.2. The van der Waals surface area contributed by atoms with Crippen molar-refractivity contribution in [3.05, 3.63) is 71.2 Å². The summed E-state index contributed by atoms with van der Waals surface area (Å²) >= 11 is 0. The maximum Gasteiger partial charge on any atom is 0.0511 e. The van der Waals surface area contributed by atoms with Crippen LogP contribution in [0, 0.1) is 6.42 Å². The largest absolute Gasteiger partial charge is 0.0801 e. The number of rotatable bonds is 0. The molecule has 0 unspecified atom stereocenters. The van der Waals surface area contributed by atoms with Crippen LogP contribution >= 0.6 is 0 Å². The van der Waals surface area contributed by atoms with E-state index >= 15 is 0 Å². The molecule has 0 bridgehead atoms. The van der Waals surface area contributed by atoms with Crippen LogP contribution in [0.25, 0.3) is 6.08 Å². The highest BCUT2D eigenvalue weighted by molar-refractivity contribution is 5.72. The maximum atomic E-state index is 3.44. The molecule has 1 aromatic rings. The second-order valence-corrected chi connectivity index (χ2v) is 3.59. The van der Waals surface area contributed by atoms with E-state index in [0.29, 0.717) is 0 Å². The second-order valence-electron chi connectivity index (χ2n) is 3.59. The maximum absolute atomic E-state index is 3.44. The van der Waals surface area contributed by atoms with E-state index in [9.17, 15) is 0 Å². The van der Waals surface area contributed by atoms with Crippen LogP contribution in [0.3, 0.4) is 0 Å². The molecule has 2 radical (unpaired) electrons. The van der Waals surface area contributed by atoms with Crippen molar-refractivity contribution in [1.82, 2.24) is 0 Å². The van der Waals surface area contributed by atoms with Crippen LogP contribution < -0.4 is 0 Å². The van der Waals surface area contributed by atoms with Crippen LogP contribution in [-0.2, 0) is 0 Å². The molecule has 0 atom stereocenters. The van der Waals surface area contributed by atoms with Gasteiger partial charge in [-0.15, -0.1) is 0 Å². The topological polar surface area (TPSA) is 0 Å². The molecule has 0 spiro atoms. The number of fused-ring (bicyclic) bond motifs is 2. The first-order valence-electron chi connectivity index (χ1n) is 4.87. The Bertz CT molecular complexity index is 459. The predicted molar refractivity (Wildman–Crippen MR) is 58.6 cm³/mol. The monoisotopic (exact) mass is 178 g/mol. The van der Waals surface area contributed by atoms with Crippen LogP contribution in [0.4, 0.5) is 0 Å². The molecule has 0 fully saturated rings. The zero-order chi connectivity index (χ0) is 9.38. The van der Waals surface area contributed by atoms with Gasteiger partial charge in [-0.2, -0.15) is 0 Å². The van der Waals surface area contributed by atoms with Crippen molar-refractivity contribution in [3.8, 4) is 0 Å². The molecule has 14 heavy (non-hydrogen) atoms. The number of benzene rings is 1. The van der Waals surface area contributed by atoms with Crippen LogP contribution in [-0.4, -0.2) is 0 Å². The summed E-state index contributed by atoms with van der Waals surface area (Å²) in [7, 11) is 0. The van der Waals surface area contributed by atoms with Crippen molar-refractivity contribution in [3.63, 3.8) is 0 Å². The first kappa shape index (κ1) is 7.81. The number of hydrogen-bond acceptors (Lipinski definition) is 0. The molecule has 66 valence electrons. The smallest absolute Gasteiger partial charge is 0.0511 e. The molecular formula is C14H10.